The number of thiophene rings is 1. The zero-order valence-electron chi connectivity index (χ0n) is 13.5. The molecule has 7 nitrogen and oxygen atoms in total. The molecule has 9 heteroatoms. The maximum absolute atomic E-state index is 12.5. The van der Waals surface area contributed by atoms with Gasteiger partial charge in [-0.1, -0.05) is 23.4 Å². The predicted molar refractivity (Wildman–Crippen MR) is 91.7 cm³/mol. The number of ketones is 1. The third kappa shape index (κ3) is 5.02. The summed E-state index contributed by atoms with van der Waals surface area (Å²) in [6, 6.07) is 3.56. The largest absolute Gasteiger partial charge is 0.478 e. The van der Waals surface area contributed by atoms with Crippen molar-refractivity contribution in [2.24, 2.45) is 5.16 Å². The Kier molecular flexibility index (Phi) is 6.71. The molecule has 0 bridgehead atoms. The summed E-state index contributed by atoms with van der Waals surface area (Å²) in [5.74, 6) is -1.15. The van der Waals surface area contributed by atoms with Gasteiger partial charge in [0.2, 0.25) is 0 Å². The van der Waals surface area contributed by atoms with Crippen LogP contribution in [-0.4, -0.2) is 48.7 Å². The summed E-state index contributed by atoms with van der Waals surface area (Å²) in [5.41, 5.74) is 0.133. The zero-order chi connectivity index (χ0) is 17.5. The van der Waals surface area contributed by atoms with Crippen LogP contribution in [0.15, 0.2) is 34.8 Å². The summed E-state index contributed by atoms with van der Waals surface area (Å²) in [5, 5.41) is 18.5. The summed E-state index contributed by atoms with van der Waals surface area (Å²) in [6.45, 7) is 1.46. The number of hydrogen-bond acceptors (Lipinski definition) is 7. The zero-order valence-corrected chi connectivity index (χ0v) is 14.3. The number of Topliss-reactive ketones (excluding diaryl/α,β-unsaturated/α-hetero) is 1. The minimum atomic E-state index is -1.22. The van der Waals surface area contributed by atoms with Gasteiger partial charge >= 0.3 is 7.12 Å². The fourth-order valence-electron chi connectivity index (χ4n) is 2.28. The van der Waals surface area contributed by atoms with Crippen molar-refractivity contribution in [2.75, 3.05) is 7.11 Å². The molecule has 1 aromatic rings. The topological polar surface area (TPSA) is 97.2 Å². The molecule has 0 fully saturated rings. The highest BCUT2D eigenvalue weighted by Crippen LogP contribution is 2.14. The van der Waals surface area contributed by atoms with Crippen molar-refractivity contribution < 1.29 is 24.1 Å². The molecule has 2 atom stereocenters. The first-order chi connectivity index (χ1) is 11.5. The molecule has 0 aromatic carbocycles. The Morgan fingerprint density at radius 1 is 1.58 bits per heavy atom. The number of hydrogen-bond donors (Lipinski definition) is 2. The molecule has 1 aliphatic heterocycles. The molecular weight excluding hydrogens is 331 g/mol. The number of carbonyl (C=O) groups is 2. The average molecular weight is 350 g/mol. The van der Waals surface area contributed by atoms with Gasteiger partial charge in [0.15, 0.2) is 5.71 Å². The van der Waals surface area contributed by atoms with E-state index in [1.165, 1.54) is 25.4 Å². The van der Waals surface area contributed by atoms with Crippen LogP contribution in [0.4, 0.5) is 0 Å². The third-order valence-corrected chi connectivity index (χ3v) is 4.23. The number of oxime groups is 1. The van der Waals surface area contributed by atoms with E-state index < -0.39 is 25.1 Å². The predicted octanol–water partition coefficient (Wildman–Crippen LogP) is 0.927. The molecule has 0 aliphatic carbocycles. The second-order valence-electron chi connectivity index (χ2n) is 5.31. The number of carbonyl (C=O) groups excluding carboxylic acids is 2. The van der Waals surface area contributed by atoms with E-state index in [2.05, 4.69) is 10.5 Å². The van der Waals surface area contributed by atoms with Crippen LogP contribution in [0.1, 0.15) is 24.6 Å². The Morgan fingerprint density at radius 3 is 3.00 bits per heavy atom. The molecule has 1 aliphatic rings. The Bertz CT molecular complexity index is 632. The molecule has 2 rings (SSSR count). The molecule has 0 saturated heterocycles. The van der Waals surface area contributed by atoms with E-state index in [-0.39, 0.29) is 17.9 Å². The van der Waals surface area contributed by atoms with Gasteiger partial charge in [-0.3, -0.25) is 9.59 Å². The highest BCUT2D eigenvalue weighted by Gasteiger charge is 2.33. The summed E-state index contributed by atoms with van der Waals surface area (Å²) in [4.78, 5) is 29.0. The van der Waals surface area contributed by atoms with E-state index >= 15 is 0 Å². The number of amides is 1. The van der Waals surface area contributed by atoms with Crippen LogP contribution < -0.4 is 5.32 Å². The fraction of sp³-hybridized carbons (Fsp3) is 0.400. The van der Waals surface area contributed by atoms with Gasteiger partial charge in [0.25, 0.3) is 5.91 Å². The third-order valence-electron chi connectivity index (χ3n) is 3.36. The quantitative estimate of drug-likeness (QED) is 0.344. The van der Waals surface area contributed by atoms with Crippen molar-refractivity contribution in [3.05, 3.63) is 34.5 Å². The van der Waals surface area contributed by atoms with Gasteiger partial charge < -0.3 is 19.8 Å². The van der Waals surface area contributed by atoms with E-state index in [0.717, 1.165) is 0 Å². The lowest BCUT2D eigenvalue weighted by molar-refractivity contribution is -0.118. The van der Waals surface area contributed by atoms with E-state index in [1.807, 2.05) is 5.38 Å². The Balaban J connectivity index is 2.04. The summed E-state index contributed by atoms with van der Waals surface area (Å²) in [6.07, 6.45) is 3.57. The molecular formula is C15H19BN2O5S. The lowest BCUT2D eigenvalue weighted by Crippen LogP contribution is -2.50. The van der Waals surface area contributed by atoms with Crippen molar-refractivity contribution in [2.45, 2.75) is 31.8 Å². The molecule has 1 aromatic heterocycles. The number of nitrogens with one attached hydrogen (secondary N) is 1. The normalized spacial score (nSPS) is 21.3. The molecule has 0 saturated carbocycles. The second kappa shape index (κ2) is 8.77. The molecule has 2 N–H and O–H groups in total. The maximum atomic E-state index is 12.5. The van der Waals surface area contributed by atoms with Crippen molar-refractivity contribution >= 4 is 35.9 Å². The second-order valence-corrected chi connectivity index (χ2v) is 6.26. The monoisotopic (exact) mass is 350 g/mol. The molecule has 24 heavy (non-hydrogen) atoms. The summed E-state index contributed by atoms with van der Waals surface area (Å²) in [7, 11) is 0.139. The first kappa shape index (κ1) is 18.4. The van der Waals surface area contributed by atoms with Gasteiger partial charge in [0.1, 0.15) is 12.9 Å². The van der Waals surface area contributed by atoms with Crippen LogP contribution in [0.3, 0.4) is 0 Å². The Labute approximate surface area is 144 Å². The molecule has 0 radical (unpaired) electrons. The van der Waals surface area contributed by atoms with Crippen LogP contribution in [0.2, 0.25) is 0 Å². The van der Waals surface area contributed by atoms with Gasteiger partial charge in [0.05, 0.1) is 16.9 Å². The van der Waals surface area contributed by atoms with Gasteiger partial charge in [-0.25, -0.2) is 0 Å². The van der Waals surface area contributed by atoms with E-state index in [1.54, 1.807) is 24.3 Å². The van der Waals surface area contributed by atoms with Crippen molar-refractivity contribution in [1.29, 1.82) is 0 Å². The van der Waals surface area contributed by atoms with E-state index in [0.29, 0.717) is 11.3 Å². The van der Waals surface area contributed by atoms with Crippen molar-refractivity contribution in [1.82, 2.24) is 5.32 Å². The van der Waals surface area contributed by atoms with Crippen molar-refractivity contribution in [3.8, 4) is 0 Å². The smallest absolute Gasteiger partial charge is 0.426 e. The van der Waals surface area contributed by atoms with Gasteiger partial charge in [-0.2, -0.15) is 0 Å². The molecule has 0 unspecified atom stereocenters. The van der Waals surface area contributed by atoms with Crippen molar-refractivity contribution in [3.63, 3.8) is 0 Å². The van der Waals surface area contributed by atoms with Crippen LogP contribution in [-0.2, 0) is 19.1 Å². The molecule has 128 valence electrons. The number of rotatable bonds is 6. The standard InChI is InChI=1S/C15H19BN2O5S/c1-10(19)9-11-5-3-7-13(16(21)23-11)17-15(20)14(18-22-2)12-6-4-8-24-12/h3-6,8,11,13,21H,7,9H2,1-2H3,(H,17,20)/b18-14+/t11-,13+/m1/s1. The van der Waals surface area contributed by atoms with E-state index in [4.69, 9.17) is 9.49 Å². The minimum Gasteiger partial charge on any atom is -0.426 e. The number of nitrogens with zero attached hydrogens (tertiary/aromatic N) is 1. The molecule has 2 heterocycles. The average Bonchev–Trinajstić information content (AvgIpc) is 2.98. The SMILES string of the molecule is CO/N=C(/C(=O)N[C@H]1CC=C[C@H](CC(C)=O)OB1O)c1cccs1. The maximum Gasteiger partial charge on any atom is 0.478 e. The molecule has 1 amide bonds. The lowest BCUT2D eigenvalue weighted by atomic mass is 9.77. The van der Waals surface area contributed by atoms with Crippen LogP contribution in [0.5, 0.6) is 0 Å². The minimum absolute atomic E-state index is 0.0356. The summed E-state index contributed by atoms with van der Waals surface area (Å²) < 4.78 is 5.43. The fourth-order valence-corrected chi connectivity index (χ4v) is 2.98. The van der Waals surface area contributed by atoms with Crippen LogP contribution >= 0.6 is 11.3 Å². The Morgan fingerprint density at radius 2 is 2.38 bits per heavy atom. The first-order valence-electron chi connectivity index (χ1n) is 7.46. The Hall–Kier alpha value is -1.97. The highest BCUT2D eigenvalue weighted by molar-refractivity contribution is 7.13. The van der Waals surface area contributed by atoms with Gasteiger partial charge in [-0.15, -0.1) is 11.3 Å². The van der Waals surface area contributed by atoms with Gasteiger partial charge in [-0.05, 0) is 24.8 Å². The molecule has 0 spiro atoms. The van der Waals surface area contributed by atoms with Crippen LogP contribution in [0, 0.1) is 0 Å². The van der Waals surface area contributed by atoms with Gasteiger partial charge in [0, 0.05) is 6.42 Å². The van der Waals surface area contributed by atoms with Crippen LogP contribution in [0.25, 0.3) is 0 Å². The first-order valence-corrected chi connectivity index (χ1v) is 8.34. The highest BCUT2D eigenvalue weighted by atomic mass is 32.1. The lowest BCUT2D eigenvalue weighted by Gasteiger charge is -2.20. The summed E-state index contributed by atoms with van der Waals surface area (Å²) >= 11 is 1.36. The van der Waals surface area contributed by atoms with E-state index in [9.17, 15) is 14.6 Å².